The standard InChI is InChI=1S/C10H14N6S/c1-6(2)15-8-7(11)9(14-5-13-8)16-10-12-3-4-17-10/h3-6H,11H2,1-2H3,(H2,12,13,14,15,16). The molecule has 0 aromatic carbocycles. The van der Waals surface area contributed by atoms with Crippen LogP contribution < -0.4 is 16.4 Å². The van der Waals surface area contributed by atoms with Crippen molar-refractivity contribution in [2.75, 3.05) is 16.4 Å². The molecule has 2 heterocycles. The Morgan fingerprint density at radius 2 is 2.00 bits per heavy atom. The number of nitrogens with one attached hydrogen (secondary N) is 2. The van der Waals surface area contributed by atoms with Crippen LogP contribution in [0, 0.1) is 0 Å². The Labute approximate surface area is 103 Å². The Morgan fingerprint density at radius 3 is 2.65 bits per heavy atom. The quantitative estimate of drug-likeness (QED) is 0.770. The second-order valence-corrected chi connectivity index (χ2v) is 4.64. The number of nitrogens with zero attached hydrogens (tertiary/aromatic N) is 3. The van der Waals surface area contributed by atoms with Gasteiger partial charge in [0.2, 0.25) is 0 Å². The first-order chi connectivity index (χ1) is 8.16. The van der Waals surface area contributed by atoms with Crippen LogP contribution in [0.5, 0.6) is 0 Å². The third-order valence-corrected chi connectivity index (χ3v) is 2.66. The summed E-state index contributed by atoms with van der Waals surface area (Å²) >= 11 is 1.49. The van der Waals surface area contributed by atoms with E-state index in [0.29, 0.717) is 17.3 Å². The number of nitrogen functional groups attached to an aromatic ring is 1. The van der Waals surface area contributed by atoms with Crippen molar-refractivity contribution < 1.29 is 0 Å². The van der Waals surface area contributed by atoms with Crippen LogP contribution in [0.25, 0.3) is 0 Å². The normalized spacial score (nSPS) is 10.5. The van der Waals surface area contributed by atoms with E-state index in [0.717, 1.165) is 5.13 Å². The van der Waals surface area contributed by atoms with Crippen LogP contribution in [-0.2, 0) is 0 Å². The number of hydrogen-bond acceptors (Lipinski definition) is 7. The lowest BCUT2D eigenvalue weighted by molar-refractivity contribution is 0.887. The second kappa shape index (κ2) is 4.96. The molecule has 0 unspecified atom stereocenters. The van der Waals surface area contributed by atoms with Crippen molar-refractivity contribution in [2.24, 2.45) is 0 Å². The van der Waals surface area contributed by atoms with Gasteiger partial charge in [-0.1, -0.05) is 0 Å². The molecule has 2 aromatic rings. The molecular formula is C10H14N6S. The molecule has 0 spiro atoms. The molecule has 0 radical (unpaired) electrons. The minimum Gasteiger partial charge on any atom is -0.393 e. The first-order valence-corrected chi connectivity index (χ1v) is 6.08. The maximum atomic E-state index is 5.98. The number of rotatable bonds is 4. The summed E-state index contributed by atoms with van der Waals surface area (Å²) in [4.78, 5) is 12.3. The topological polar surface area (TPSA) is 88.8 Å². The highest BCUT2D eigenvalue weighted by molar-refractivity contribution is 7.13. The Hall–Kier alpha value is -1.89. The maximum Gasteiger partial charge on any atom is 0.188 e. The van der Waals surface area contributed by atoms with Crippen LogP contribution in [0.4, 0.5) is 22.5 Å². The molecule has 0 saturated heterocycles. The van der Waals surface area contributed by atoms with E-state index in [9.17, 15) is 0 Å². The lowest BCUT2D eigenvalue weighted by Crippen LogP contribution is -2.14. The molecule has 2 aromatic heterocycles. The van der Waals surface area contributed by atoms with Crippen molar-refractivity contribution in [3.63, 3.8) is 0 Å². The van der Waals surface area contributed by atoms with E-state index in [-0.39, 0.29) is 6.04 Å². The first kappa shape index (κ1) is 11.6. The molecule has 0 aliphatic heterocycles. The highest BCUT2D eigenvalue weighted by atomic mass is 32.1. The summed E-state index contributed by atoms with van der Waals surface area (Å²) in [6.45, 7) is 4.05. The molecule has 90 valence electrons. The first-order valence-electron chi connectivity index (χ1n) is 5.20. The summed E-state index contributed by atoms with van der Waals surface area (Å²) in [5.41, 5.74) is 6.47. The summed E-state index contributed by atoms with van der Waals surface area (Å²) in [5.74, 6) is 1.20. The summed E-state index contributed by atoms with van der Waals surface area (Å²) in [5, 5.41) is 8.85. The van der Waals surface area contributed by atoms with E-state index in [1.54, 1.807) is 6.20 Å². The molecule has 0 atom stereocenters. The van der Waals surface area contributed by atoms with Gasteiger partial charge in [-0.05, 0) is 13.8 Å². The molecule has 0 amide bonds. The van der Waals surface area contributed by atoms with E-state index in [2.05, 4.69) is 25.6 Å². The van der Waals surface area contributed by atoms with Gasteiger partial charge in [-0.2, -0.15) is 0 Å². The predicted molar refractivity (Wildman–Crippen MR) is 70.6 cm³/mol. The predicted octanol–water partition coefficient (Wildman–Crippen LogP) is 2.08. The lowest BCUT2D eigenvalue weighted by Gasteiger charge is -2.13. The van der Waals surface area contributed by atoms with E-state index in [1.807, 2.05) is 19.2 Å². The third-order valence-electron chi connectivity index (χ3n) is 1.97. The van der Waals surface area contributed by atoms with Crippen molar-refractivity contribution in [1.82, 2.24) is 15.0 Å². The second-order valence-electron chi connectivity index (χ2n) is 3.75. The maximum absolute atomic E-state index is 5.98. The van der Waals surface area contributed by atoms with Crippen molar-refractivity contribution in [2.45, 2.75) is 19.9 Å². The number of aromatic nitrogens is 3. The molecular weight excluding hydrogens is 236 g/mol. The average molecular weight is 250 g/mol. The summed E-state index contributed by atoms with van der Waals surface area (Å²) in [6.07, 6.45) is 3.19. The average Bonchev–Trinajstić information content (AvgIpc) is 2.76. The zero-order valence-electron chi connectivity index (χ0n) is 9.64. The van der Waals surface area contributed by atoms with E-state index in [1.165, 1.54) is 17.7 Å². The lowest BCUT2D eigenvalue weighted by atomic mass is 10.3. The molecule has 0 saturated carbocycles. The van der Waals surface area contributed by atoms with E-state index in [4.69, 9.17) is 5.73 Å². The zero-order valence-corrected chi connectivity index (χ0v) is 10.5. The van der Waals surface area contributed by atoms with E-state index < -0.39 is 0 Å². The summed E-state index contributed by atoms with van der Waals surface area (Å²) < 4.78 is 0. The molecule has 6 nitrogen and oxygen atoms in total. The fourth-order valence-electron chi connectivity index (χ4n) is 1.27. The van der Waals surface area contributed by atoms with Crippen LogP contribution in [0.15, 0.2) is 17.9 Å². The molecule has 0 fully saturated rings. The monoisotopic (exact) mass is 250 g/mol. The molecule has 2 rings (SSSR count). The Bertz CT molecular complexity index is 482. The summed E-state index contributed by atoms with van der Waals surface area (Å²) in [6, 6.07) is 0.264. The van der Waals surface area contributed by atoms with Crippen LogP contribution in [0.3, 0.4) is 0 Å². The number of hydrogen-bond donors (Lipinski definition) is 3. The van der Waals surface area contributed by atoms with Gasteiger partial charge in [0.05, 0.1) is 0 Å². The fraction of sp³-hybridized carbons (Fsp3) is 0.300. The highest BCUT2D eigenvalue weighted by Crippen LogP contribution is 2.26. The van der Waals surface area contributed by atoms with Crippen molar-refractivity contribution >= 4 is 33.8 Å². The van der Waals surface area contributed by atoms with Gasteiger partial charge < -0.3 is 16.4 Å². The molecule has 0 aliphatic rings. The number of anilines is 4. The Kier molecular flexibility index (Phi) is 3.38. The van der Waals surface area contributed by atoms with Gasteiger partial charge in [0.25, 0.3) is 0 Å². The molecule has 4 N–H and O–H groups in total. The van der Waals surface area contributed by atoms with Crippen molar-refractivity contribution in [3.05, 3.63) is 17.9 Å². The van der Waals surface area contributed by atoms with Crippen LogP contribution in [-0.4, -0.2) is 21.0 Å². The minimum atomic E-state index is 0.264. The molecule has 0 aliphatic carbocycles. The molecule has 0 bridgehead atoms. The van der Waals surface area contributed by atoms with Gasteiger partial charge in [-0.15, -0.1) is 11.3 Å². The minimum absolute atomic E-state index is 0.264. The van der Waals surface area contributed by atoms with Crippen LogP contribution in [0.2, 0.25) is 0 Å². The number of nitrogens with two attached hydrogens (primary N) is 1. The molecule has 7 heteroatoms. The van der Waals surface area contributed by atoms with Gasteiger partial charge >= 0.3 is 0 Å². The number of thiazole rings is 1. The Balaban J connectivity index is 2.23. The SMILES string of the molecule is CC(C)Nc1ncnc(Nc2nccs2)c1N. The third kappa shape index (κ3) is 2.82. The molecule has 17 heavy (non-hydrogen) atoms. The van der Waals surface area contributed by atoms with Crippen molar-refractivity contribution in [1.29, 1.82) is 0 Å². The van der Waals surface area contributed by atoms with Gasteiger partial charge in [0.15, 0.2) is 16.8 Å². The van der Waals surface area contributed by atoms with Crippen molar-refractivity contribution in [3.8, 4) is 0 Å². The van der Waals surface area contributed by atoms with Gasteiger partial charge in [-0.3, -0.25) is 0 Å². The smallest absolute Gasteiger partial charge is 0.188 e. The van der Waals surface area contributed by atoms with Gasteiger partial charge in [-0.25, -0.2) is 15.0 Å². The van der Waals surface area contributed by atoms with E-state index >= 15 is 0 Å². The highest BCUT2D eigenvalue weighted by Gasteiger charge is 2.09. The fourth-order valence-corrected chi connectivity index (χ4v) is 1.80. The van der Waals surface area contributed by atoms with Gasteiger partial charge in [0, 0.05) is 17.6 Å². The Morgan fingerprint density at radius 1 is 1.24 bits per heavy atom. The largest absolute Gasteiger partial charge is 0.393 e. The summed E-state index contributed by atoms with van der Waals surface area (Å²) in [7, 11) is 0. The van der Waals surface area contributed by atoms with Crippen LogP contribution in [0.1, 0.15) is 13.8 Å². The zero-order chi connectivity index (χ0) is 12.3. The van der Waals surface area contributed by atoms with Gasteiger partial charge in [0.1, 0.15) is 12.0 Å². The van der Waals surface area contributed by atoms with Crippen LogP contribution >= 0.6 is 11.3 Å².